The maximum atomic E-state index is 3.50. The number of halogens is 1. The summed E-state index contributed by atoms with van der Waals surface area (Å²) >= 11 is 3.50. The highest BCUT2D eigenvalue weighted by atomic mass is 79.9. The van der Waals surface area contributed by atoms with Crippen LogP contribution in [0.1, 0.15) is 19.4 Å². The molecule has 0 aliphatic carbocycles. The minimum absolute atomic E-state index is 0.608. The normalized spacial score (nSPS) is 11.3. The molecule has 0 nitrogen and oxygen atoms in total. The van der Waals surface area contributed by atoms with Crippen molar-refractivity contribution in [3.63, 3.8) is 0 Å². The molecule has 1 rings (SSSR count). The van der Waals surface area contributed by atoms with Crippen molar-refractivity contribution in [1.82, 2.24) is 0 Å². The molecule has 64 valence electrons. The average molecular weight is 225 g/mol. The Morgan fingerprint density at radius 3 is 2.50 bits per heavy atom. The van der Waals surface area contributed by atoms with Crippen molar-refractivity contribution in [3.8, 4) is 0 Å². The Labute approximate surface area is 82.4 Å². The summed E-state index contributed by atoms with van der Waals surface area (Å²) < 4.78 is 1.15. The number of hydrogen-bond donors (Lipinski definition) is 0. The van der Waals surface area contributed by atoms with Crippen molar-refractivity contribution in [2.75, 3.05) is 0 Å². The van der Waals surface area contributed by atoms with E-state index in [0.717, 1.165) is 4.47 Å². The Kier molecular flexibility index (Phi) is 3.54. The first kappa shape index (κ1) is 9.53. The molecule has 0 aliphatic heterocycles. The molecule has 0 unspecified atom stereocenters. The molecule has 1 aromatic carbocycles. The van der Waals surface area contributed by atoms with Crippen molar-refractivity contribution in [2.24, 2.45) is 5.92 Å². The van der Waals surface area contributed by atoms with E-state index in [-0.39, 0.29) is 0 Å². The zero-order valence-electron chi connectivity index (χ0n) is 7.42. The quantitative estimate of drug-likeness (QED) is 0.710. The Morgan fingerprint density at radius 1 is 1.25 bits per heavy atom. The van der Waals surface area contributed by atoms with Crippen LogP contribution < -0.4 is 0 Å². The Morgan fingerprint density at radius 2 is 1.92 bits per heavy atom. The second-order valence-electron chi connectivity index (χ2n) is 3.12. The van der Waals surface area contributed by atoms with E-state index >= 15 is 0 Å². The summed E-state index contributed by atoms with van der Waals surface area (Å²) in [5.41, 5.74) is 1.24. The van der Waals surface area contributed by atoms with Gasteiger partial charge in [-0.1, -0.05) is 60.1 Å². The topological polar surface area (TPSA) is 0 Å². The molecule has 0 radical (unpaired) electrons. The van der Waals surface area contributed by atoms with E-state index < -0.39 is 0 Å². The van der Waals surface area contributed by atoms with Gasteiger partial charge in [-0.3, -0.25) is 0 Å². The van der Waals surface area contributed by atoms with Crippen molar-refractivity contribution in [3.05, 3.63) is 40.4 Å². The Balaban J connectivity index is 2.82. The lowest BCUT2D eigenvalue weighted by atomic mass is 10.1. The number of allylic oxidation sites excluding steroid dienone is 1. The number of rotatable bonds is 2. The van der Waals surface area contributed by atoms with Gasteiger partial charge in [0.25, 0.3) is 0 Å². The van der Waals surface area contributed by atoms with Crippen LogP contribution in [-0.2, 0) is 0 Å². The number of hydrogen-bond acceptors (Lipinski definition) is 0. The molecule has 0 fully saturated rings. The molecule has 0 aromatic heterocycles. The summed E-state index contributed by atoms with van der Waals surface area (Å²) in [6.45, 7) is 4.35. The standard InChI is InChI=1S/C11H13Br/c1-9(2)7-8-10-5-3-4-6-11(10)12/h3-9H,1-2H3/b8-7-. The first-order chi connectivity index (χ1) is 5.70. The van der Waals surface area contributed by atoms with Gasteiger partial charge in [-0.25, -0.2) is 0 Å². The Bertz CT molecular complexity index is 274. The van der Waals surface area contributed by atoms with Crippen molar-refractivity contribution < 1.29 is 0 Å². The van der Waals surface area contributed by atoms with Crippen LogP contribution in [0.4, 0.5) is 0 Å². The summed E-state index contributed by atoms with van der Waals surface area (Å²) in [4.78, 5) is 0. The fraction of sp³-hybridized carbons (Fsp3) is 0.273. The SMILES string of the molecule is CC(C)/C=C\c1ccccc1Br. The zero-order chi connectivity index (χ0) is 8.97. The first-order valence-corrected chi connectivity index (χ1v) is 4.92. The van der Waals surface area contributed by atoms with Crippen molar-refractivity contribution >= 4 is 22.0 Å². The first-order valence-electron chi connectivity index (χ1n) is 4.13. The predicted octanol–water partition coefficient (Wildman–Crippen LogP) is 4.12. The average Bonchev–Trinajstić information content (AvgIpc) is 2.03. The summed E-state index contributed by atoms with van der Waals surface area (Å²) in [6.07, 6.45) is 4.34. The lowest BCUT2D eigenvalue weighted by Gasteiger charge is -1.98. The maximum Gasteiger partial charge on any atom is 0.0247 e. The van der Waals surface area contributed by atoms with Crippen LogP contribution in [0, 0.1) is 5.92 Å². The molecular weight excluding hydrogens is 212 g/mol. The molecule has 0 saturated heterocycles. The van der Waals surface area contributed by atoms with Crippen LogP contribution in [-0.4, -0.2) is 0 Å². The third-order valence-corrected chi connectivity index (χ3v) is 2.29. The van der Waals surface area contributed by atoms with Gasteiger partial charge in [0.05, 0.1) is 0 Å². The van der Waals surface area contributed by atoms with Gasteiger partial charge >= 0.3 is 0 Å². The zero-order valence-corrected chi connectivity index (χ0v) is 9.01. The minimum Gasteiger partial charge on any atom is -0.0813 e. The largest absolute Gasteiger partial charge is 0.0813 e. The van der Waals surface area contributed by atoms with Crippen molar-refractivity contribution in [1.29, 1.82) is 0 Å². The molecular formula is C11H13Br. The fourth-order valence-electron chi connectivity index (χ4n) is 0.906. The minimum atomic E-state index is 0.608. The predicted molar refractivity (Wildman–Crippen MR) is 58.0 cm³/mol. The van der Waals surface area contributed by atoms with Crippen LogP contribution in [0.5, 0.6) is 0 Å². The maximum absolute atomic E-state index is 3.50. The van der Waals surface area contributed by atoms with Gasteiger partial charge in [0, 0.05) is 4.47 Å². The van der Waals surface area contributed by atoms with Crippen molar-refractivity contribution in [2.45, 2.75) is 13.8 Å². The molecule has 0 spiro atoms. The third kappa shape index (κ3) is 2.82. The van der Waals surface area contributed by atoms with Crippen LogP contribution in [0.2, 0.25) is 0 Å². The van der Waals surface area contributed by atoms with E-state index in [2.05, 4.69) is 54.1 Å². The van der Waals surface area contributed by atoms with Gasteiger partial charge in [-0.15, -0.1) is 0 Å². The molecule has 0 saturated carbocycles. The summed E-state index contributed by atoms with van der Waals surface area (Å²) in [5.74, 6) is 0.608. The lowest BCUT2D eigenvalue weighted by Crippen LogP contribution is -1.78. The van der Waals surface area contributed by atoms with Crippen LogP contribution in [0.3, 0.4) is 0 Å². The van der Waals surface area contributed by atoms with Crippen LogP contribution in [0.25, 0.3) is 6.08 Å². The molecule has 1 heteroatoms. The molecule has 0 N–H and O–H groups in total. The summed E-state index contributed by atoms with van der Waals surface area (Å²) in [5, 5.41) is 0. The van der Waals surface area contributed by atoms with E-state index in [4.69, 9.17) is 0 Å². The van der Waals surface area contributed by atoms with Gasteiger partial charge in [0.2, 0.25) is 0 Å². The van der Waals surface area contributed by atoms with Crippen LogP contribution in [0.15, 0.2) is 34.8 Å². The van der Waals surface area contributed by atoms with Gasteiger partial charge in [-0.05, 0) is 17.5 Å². The summed E-state index contributed by atoms with van der Waals surface area (Å²) in [7, 11) is 0. The second kappa shape index (κ2) is 4.46. The highest BCUT2D eigenvalue weighted by molar-refractivity contribution is 9.10. The van der Waals surface area contributed by atoms with Gasteiger partial charge < -0.3 is 0 Å². The molecule has 0 atom stereocenters. The highest BCUT2D eigenvalue weighted by Crippen LogP contribution is 2.17. The van der Waals surface area contributed by atoms with Gasteiger partial charge in [0.15, 0.2) is 0 Å². The van der Waals surface area contributed by atoms with Gasteiger partial charge in [-0.2, -0.15) is 0 Å². The fourth-order valence-corrected chi connectivity index (χ4v) is 1.32. The molecule has 0 heterocycles. The lowest BCUT2D eigenvalue weighted by molar-refractivity contribution is 0.836. The molecule has 1 aromatic rings. The monoisotopic (exact) mass is 224 g/mol. The van der Waals surface area contributed by atoms with E-state index in [1.54, 1.807) is 0 Å². The highest BCUT2D eigenvalue weighted by Gasteiger charge is 1.92. The second-order valence-corrected chi connectivity index (χ2v) is 3.98. The molecule has 12 heavy (non-hydrogen) atoms. The Hall–Kier alpha value is -0.560. The van der Waals surface area contributed by atoms with Crippen LogP contribution >= 0.6 is 15.9 Å². The van der Waals surface area contributed by atoms with E-state index in [0.29, 0.717) is 5.92 Å². The molecule has 0 aliphatic rings. The van der Waals surface area contributed by atoms with E-state index in [1.165, 1.54) is 5.56 Å². The third-order valence-electron chi connectivity index (χ3n) is 1.57. The molecule has 0 bridgehead atoms. The summed E-state index contributed by atoms with van der Waals surface area (Å²) in [6, 6.07) is 8.23. The van der Waals surface area contributed by atoms with E-state index in [9.17, 15) is 0 Å². The van der Waals surface area contributed by atoms with Gasteiger partial charge in [0.1, 0.15) is 0 Å². The molecule has 0 amide bonds. The van der Waals surface area contributed by atoms with E-state index in [1.807, 2.05) is 12.1 Å². The number of benzene rings is 1. The smallest absolute Gasteiger partial charge is 0.0247 e.